The van der Waals surface area contributed by atoms with Crippen LogP contribution in [0.3, 0.4) is 0 Å². The van der Waals surface area contributed by atoms with E-state index < -0.39 is 0 Å². The zero-order valence-electron chi connectivity index (χ0n) is 5.12. The van der Waals surface area contributed by atoms with Crippen LogP contribution < -0.4 is 0 Å². The molecule has 1 heterocycles. The Kier molecular flexibility index (Phi) is 2.94. The van der Waals surface area contributed by atoms with Gasteiger partial charge < -0.3 is 9.84 Å². The van der Waals surface area contributed by atoms with Crippen molar-refractivity contribution in [2.75, 3.05) is 11.7 Å². The van der Waals surface area contributed by atoms with Crippen LogP contribution in [0, 0.1) is 0 Å². The van der Waals surface area contributed by atoms with Crippen molar-refractivity contribution in [3.8, 4) is 0 Å². The lowest BCUT2D eigenvalue weighted by atomic mass is 10.3. The first-order valence-corrected chi connectivity index (χ1v) is 4.07. The van der Waals surface area contributed by atoms with E-state index in [1.54, 1.807) is 17.8 Å². The summed E-state index contributed by atoms with van der Waals surface area (Å²) in [6.45, 7) is 0. The fourth-order valence-corrected chi connectivity index (χ4v) is 1.60. The van der Waals surface area contributed by atoms with Gasteiger partial charge in [-0.15, -0.1) is 11.8 Å². The van der Waals surface area contributed by atoms with Gasteiger partial charge in [-0.25, -0.2) is 0 Å². The fraction of sp³-hybridized carbons (Fsp3) is 0.667. The SMILES string of the molecule is OC=CCC1CSCO1. The third-order valence-corrected chi connectivity index (χ3v) is 2.11. The van der Waals surface area contributed by atoms with Gasteiger partial charge in [0.25, 0.3) is 0 Å². The third-order valence-electron chi connectivity index (χ3n) is 1.20. The number of aliphatic hydroxyl groups is 1. The molecule has 1 unspecified atom stereocenters. The second kappa shape index (κ2) is 3.80. The van der Waals surface area contributed by atoms with E-state index in [2.05, 4.69) is 0 Å². The highest BCUT2D eigenvalue weighted by molar-refractivity contribution is 7.99. The second-order valence-electron chi connectivity index (χ2n) is 1.90. The van der Waals surface area contributed by atoms with Crippen LogP contribution in [-0.4, -0.2) is 22.9 Å². The molecule has 1 fully saturated rings. The van der Waals surface area contributed by atoms with Crippen molar-refractivity contribution in [2.24, 2.45) is 0 Å². The minimum absolute atomic E-state index is 0.332. The van der Waals surface area contributed by atoms with Gasteiger partial charge in [0.05, 0.1) is 18.3 Å². The van der Waals surface area contributed by atoms with Crippen molar-refractivity contribution in [1.29, 1.82) is 0 Å². The van der Waals surface area contributed by atoms with E-state index in [9.17, 15) is 0 Å². The highest BCUT2D eigenvalue weighted by atomic mass is 32.2. The molecule has 1 aliphatic heterocycles. The summed E-state index contributed by atoms with van der Waals surface area (Å²) in [5.41, 5.74) is 0. The molecule has 1 N–H and O–H groups in total. The van der Waals surface area contributed by atoms with E-state index >= 15 is 0 Å². The first-order chi connectivity index (χ1) is 4.43. The summed E-state index contributed by atoms with van der Waals surface area (Å²) >= 11 is 1.79. The zero-order valence-corrected chi connectivity index (χ0v) is 5.93. The Morgan fingerprint density at radius 3 is 3.22 bits per heavy atom. The molecular weight excluding hydrogens is 136 g/mol. The Morgan fingerprint density at radius 2 is 2.67 bits per heavy atom. The summed E-state index contributed by atoms with van der Waals surface area (Å²) in [6, 6.07) is 0. The molecule has 0 amide bonds. The molecule has 0 saturated carbocycles. The first-order valence-electron chi connectivity index (χ1n) is 2.92. The van der Waals surface area contributed by atoms with Crippen molar-refractivity contribution < 1.29 is 9.84 Å². The first kappa shape index (κ1) is 6.96. The molecule has 0 aliphatic carbocycles. The molecule has 9 heavy (non-hydrogen) atoms. The zero-order chi connectivity index (χ0) is 6.53. The molecular formula is C6H10O2S. The Labute approximate surface area is 58.9 Å². The summed E-state index contributed by atoms with van der Waals surface area (Å²) in [6.07, 6.45) is 3.96. The highest BCUT2D eigenvalue weighted by Gasteiger charge is 2.13. The standard InChI is InChI=1S/C6H10O2S/c7-3-1-2-6-4-9-5-8-6/h1,3,6-7H,2,4-5H2. The van der Waals surface area contributed by atoms with E-state index in [-0.39, 0.29) is 0 Å². The minimum Gasteiger partial charge on any atom is -0.516 e. The average Bonchev–Trinajstić information content (AvgIpc) is 2.34. The Balaban J connectivity index is 2.11. The number of hydrogen-bond donors (Lipinski definition) is 1. The normalized spacial score (nSPS) is 27.8. The van der Waals surface area contributed by atoms with Crippen molar-refractivity contribution in [2.45, 2.75) is 12.5 Å². The van der Waals surface area contributed by atoms with Crippen molar-refractivity contribution >= 4 is 11.8 Å². The van der Waals surface area contributed by atoms with Crippen LogP contribution in [-0.2, 0) is 4.74 Å². The summed E-state index contributed by atoms with van der Waals surface area (Å²) in [5, 5.41) is 8.28. The van der Waals surface area contributed by atoms with E-state index in [1.165, 1.54) is 0 Å². The maximum absolute atomic E-state index is 8.28. The highest BCUT2D eigenvalue weighted by Crippen LogP contribution is 2.18. The molecule has 52 valence electrons. The van der Waals surface area contributed by atoms with Crippen LogP contribution >= 0.6 is 11.8 Å². The van der Waals surface area contributed by atoms with E-state index in [0.29, 0.717) is 6.10 Å². The maximum Gasteiger partial charge on any atom is 0.0926 e. The van der Waals surface area contributed by atoms with Gasteiger partial charge in [0, 0.05) is 5.75 Å². The number of thioether (sulfide) groups is 1. The van der Waals surface area contributed by atoms with Crippen LogP contribution in [0.5, 0.6) is 0 Å². The summed E-state index contributed by atoms with van der Waals surface area (Å²) < 4.78 is 5.26. The fourth-order valence-electron chi connectivity index (χ4n) is 0.721. The monoisotopic (exact) mass is 146 g/mol. The molecule has 0 aromatic heterocycles. The van der Waals surface area contributed by atoms with E-state index in [1.807, 2.05) is 0 Å². The number of hydrogen-bond acceptors (Lipinski definition) is 3. The molecule has 3 heteroatoms. The molecule has 1 saturated heterocycles. The Hall–Kier alpha value is -0.150. The lowest BCUT2D eigenvalue weighted by molar-refractivity contribution is 0.126. The van der Waals surface area contributed by atoms with E-state index in [0.717, 1.165) is 24.4 Å². The van der Waals surface area contributed by atoms with Gasteiger partial charge in [-0.3, -0.25) is 0 Å². The second-order valence-corrected chi connectivity index (χ2v) is 2.88. The van der Waals surface area contributed by atoms with Crippen LogP contribution in [0.15, 0.2) is 12.3 Å². The minimum atomic E-state index is 0.332. The van der Waals surface area contributed by atoms with Gasteiger partial charge in [0.2, 0.25) is 0 Å². The number of ether oxygens (including phenoxy) is 1. The molecule has 0 radical (unpaired) electrons. The van der Waals surface area contributed by atoms with Gasteiger partial charge >= 0.3 is 0 Å². The Morgan fingerprint density at radius 1 is 1.78 bits per heavy atom. The predicted molar refractivity (Wildman–Crippen MR) is 38.6 cm³/mol. The maximum atomic E-state index is 8.28. The molecule has 2 nitrogen and oxygen atoms in total. The molecule has 0 aromatic carbocycles. The molecule has 0 aromatic rings. The van der Waals surface area contributed by atoms with E-state index in [4.69, 9.17) is 9.84 Å². The lowest BCUT2D eigenvalue weighted by Gasteiger charge is -2.01. The van der Waals surface area contributed by atoms with Crippen LogP contribution in [0.2, 0.25) is 0 Å². The van der Waals surface area contributed by atoms with Gasteiger partial charge in [0.1, 0.15) is 0 Å². The third kappa shape index (κ3) is 2.28. The topological polar surface area (TPSA) is 29.5 Å². The van der Waals surface area contributed by atoms with Crippen LogP contribution in [0.25, 0.3) is 0 Å². The van der Waals surface area contributed by atoms with Crippen LogP contribution in [0.1, 0.15) is 6.42 Å². The van der Waals surface area contributed by atoms with Gasteiger partial charge in [-0.1, -0.05) is 0 Å². The summed E-state index contributed by atoms with van der Waals surface area (Å²) in [4.78, 5) is 0. The van der Waals surface area contributed by atoms with Gasteiger partial charge in [-0.05, 0) is 12.5 Å². The number of rotatable bonds is 2. The smallest absolute Gasteiger partial charge is 0.0926 e. The molecule has 0 spiro atoms. The number of aliphatic hydroxyl groups excluding tert-OH is 1. The molecule has 1 aliphatic rings. The molecule has 1 rings (SSSR count). The summed E-state index contributed by atoms with van der Waals surface area (Å²) in [7, 11) is 0. The van der Waals surface area contributed by atoms with Crippen molar-refractivity contribution in [1.82, 2.24) is 0 Å². The molecule has 1 atom stereocenters. The van der Waals surface area contributed by atoms with Crippen molar-refractivity contribution in [3.63, 3.8) is 0 Å². The quantitative estimate of drug-likeness (QED) is 0.599. The average molecular weight is 146 g/mol. The largest absolute Gasteiger partial charge is 0.516 e. The van der Waals surface area contributed by atoms with Crippen LogP contribution in [0.4, 0.5) is 0 Å². The lowest BCUT2D eigenvalue weighted by Crippen LogP contribution is -2.05. The van der Waals surface area contributed by atoms with Gasteiger partial charge in [-0.2, -0.15) is 0 Å². The van der Waals surface area contributed by atoms with Crippen molar-refractivity contribution in [3.05, 3.63) is 12.3 Å². The van der Waals surface area contributed by atoms with Gasteiger partial charge in [0.15, 0.2) is 0 Å². The predicted octanol–water partition coefficient (Wildman–Crippen LogP) is 1.54. The Bertz CT molecular complexity index is 97.2. The molecule has 0 bridgehead atoms. The summed E-state index contributed by atoms with van der Waals surface area (Å²) in [5.74, 6) is 1.87.